The zero-order chi connectivity index (χ0) is 15.3. The molecule has 112 valence electrons. The summed E-state index contributed by atoms with van der Waals surface area (Å²) in [4.78, 5) is 14.2. The van der Waals surface area contributed by atoms with E-state index in [1.165, 1.54) is 0 Å². The van der Waals surface area contributed by atoms with Crippen molar-refractivity contribution in [2.75, 3.05) is 11.4 Å². The number of fused-ring (bicyclic) bond motifs is 1. The smallest absolute Gasteiger partial charge is 0.229 e. The van der Waals surface area contributed by atoms with Gasteiger partial charge in [0.2, 0.25) is 5.91 Å². The second-order valence-corrected chi connectivity index (χ2v) is 5.86. The van der Waals surface area contributed by atoms with Crippen LogP contribution in [-0.2, 0) is 11.8 Å². The standard InChI is InChI=1S/C16H17N5O/c1-11-4-6-20(16(11)22)14-3-5-17-21-10-12(7-15(14)21)13-8-18-19(2)9-13/h3,5,7-11H,4,6H2,1-2H3/t11-/m1/s1. The molecule has 1 saturated heterocycles. The van der Waals surface area contributed by atoms with Crippen molar-refractivity contribution in [2.45, 2.75) is 13.3 Å². The van der Waals surface area contributed by atoms with E-state index in [2.05, 4.69) is 16.3 Å². The Bertz CT molecular complexity index is 862. The number of aromatic nitrogens is 4. The Morgan fingerprint density at radius 1 is 1.23 bits per heavy atom. The number of rotatable bonds is 2. The Balaban J connectivity index is 1.83. The first kappa shape index (κ1) is 13.1. The zero-order valence-corrected chi connectivity index (χ0v) is 12.6. The largest absolute Gasteiger partial charge is 0.310 e. The summed E-state index contributed by atoms with van der Waals surface area (Å²) in [6.07, 6.45) is 8.42. The number of amides is 1. The monoisotopic (exact) mass is 295 g/mol. The number of hydrogen-bond donors (Lipinski definition) is 0. The topological polar surface area (TPSA) is 55.4 Å². The minimum Gasteiger partial charge on any atom is -0.310 e. The van der Waals surface area contributed by atoms with Crippen LogP contribution in [0.2, 0.25) is 0 Å². The van der Waals surface area contributed by atoms with Crippen LogP contribution in [0.1, 0.15) is 13.3 Å². The summed E-state index contributed by atoms with van der Waals surface area (Å²) in [5.74, 6) is 0.290. The fraction of sp³-hybridized carbons (Fsp3) is 0.312. The van der Waals surface area contributed by atoms with Crippen molar-refractivity contribution in [3.05, 3.63) is 36.9 Å². The van der Waals surface area contributed by atoms with Gasteiger partial charge in [-0.3, -0.25) is 9.48 Å². The average molecular weight is 295 g/mol. The van der Waals surface area contributed by atoms with Gasteiger partial charge in [0.05, 0.1) is 17.4 Å². The van der Waals surface area contributed by atoms with Gasteiger partial charge in [-0.1, -0.05) is 6.92 Å². The zero-order valence-electron chi connectivity index (χ0n) is 12.6. The maximum atomic E-state index is 12.3. The van der Waals surface area contributed by atoms with Gasteiger partial charge in [-0.2, -0.15) is 10.2 Å². The summed E-state index contributed by atoms with van der Waals surface area (Å²) in [6, 6.07) is 3.98. The highest BCUT2D eigenvalue weighted by Gasteiger charge is 2.30. The Morgan fingerprint density at radius 3 is 2.77 bits per heavy atom. The highest BCUT2D eigenvalue weighted by Crippen LogP contribution is 2.31. The first-order valence-corrected chi connectivity index (χ1v) is 7.41. The number of carbonyl (C=O) groups is 1. The number of aryl methyl sites for hydroxylation is 1. The molecule has 22 heavy (non-hydrogen) atoms. The third-order valence-electron chi connectivity index (χ3n) is 4.29. The first-order chi connectivity index (χ1) is 10.6. The second kappa shape index (κ2) is 4.69. The Labute approximate surface area is 128 Å². The Morgan fingerprint density at radius 2 is 2.09 bits per heavy atom. The number of carbonyl (C=O) groups excluding carboxylic acids is 1. The lowest BCUT2D eigenvalue weighted by Crippen LogP contribution is -2.26. The summed E-state index contributed by atoms with van der Waals surface area (Å²) in [6.45, 7) is 2.76. The molecule has 4 heterocycles. The lowest BCUT2D eigenvalue weighted by atomic mass is 10.1. The lowest BCUT2D eigenvalue weighted by molar-refractivity contribution is -0.119. The van der Waals surface area contributed by atoms with Crippen LogP contribution in [0.3, 0.4) is 0 Å². The van der Waals surface area contributed by atoms with Gasteiger partial charge in [0.15, 0.2) is 0 Å². The van der Waals surface area contributed by atoms with Crippen LogP contribution in [0.25, 0.3) is 16.6 Å². The van der Waals surface area contributed by atoms with E-state index in [9.17, 15) is 4.79 Å². The maximum absolute atomic E-state index is 12.3. The van der Waals surface area contributed by atoms with Crippen molar-refractivity contribution in [1.82, 2.24) is 19.4 Å². The first-order valence-electron chi connectivity index (χ1n) is 7.41. The molecule has 0 N–H and O–H groups in total. The minimum atomic E-state index is 0.0981. The lowest BCUT2D eigenvalue weighted by Gasteiger charge is -2.17. The molecule has 0 aromatic carbocycles. The molecule has 6 nitrogen and oxygen atoms in total. The van der Waals surface area contributed by atoms with E-state index in [-0.39, 0.29) is 11.8 Å². The predicted molar refractivity (Wildman–Crippen MR) is 83.5 cm³/mol. The maximum Gasteiger partial charge on any atom is 0.229 e. The van der Waals surface area contributed by atoms with Crippen LogP contribution in [0.15, 0.2) is 36.9 Å². The number of nitrogens with zero attached hydrogens (tertiary/aromatic N) is 5. The van der Waals surface area contributed by atoms with E-state index < -0.39 is 0 Å². The van der Waals surface area contributed by atoms with Crippen LogP contribution >= 0.6 is 0 Å². The van der Waals surface area contributed by atoms with Crippen LogP contribution < -0.4 is 4.90 Å². The number of hydrogen-bond acceptors (Lipinski definition) is 3. The van der Waals surface area contributed by atoms with Crippen molar-refractivity contribution in [2.24, 2.45) is 13.0 Å². The minimum absolute atomic E-state index is 0.0981. The summed E-state index contributed by atoms with van der Waals surface area (Å²) in [5.41, 5.74) is 3.97. The van der Waals surface area contributed by atoms with Crippen LogP contribution in [0.5, 0.6) is 0 Å². The molecule has 4 rings (SSSR count). The predicted octanol–water partition coefficient (Wildman–Crippen LogP) is 2.11. The van der Waals surface area contributed by atoms with Gasteiger partial charge < -0.3 is 4.90 Å². The van der Waals surface area contributed by atoms with Crippen molar-refractivity contribution >= 4 is 17.1 Å². The molecule has 0 spiro atoms. The van der Waals surface area contributed by atoms with E-state index in [0.29, 0.717) is 0 Å². The fourth-order valence-electron chi connectivity index (χ4n) is 3.02. The quantitative estimate of drug-likeness (QED) is 0.727. The van der Waals surface area contributed by atoms with Gasteiger partial charge in [0.25, 0.3) is 0 Å². The molecule has 1 fully saturated rings. The van der Waals surface area contributed by atoms with E-state index in [4.69, 9.17) is 0 Å². The molecule has 0 saturated carbocycles. The van der Waals surface area contributed by atoms with Crippen LogP contribution in [0.4, 0.5) is 5.69 Å². The fourth-order valence-corrected chi connectivity index (χ4v) is 3.02. The van der Waals surface area contributed by atoms with E-state index >= 15 is 0 Å². The van der Waals surface area contributed by atoms with Crippen molar-refractivity contribution in [3.8, 4) is 11.1 Å². The summed E-state index contributed by atoms with van der Waals surface area (Å²) >= 11 is 0. The highest BCUT2D eigenvalue weighted by molar-refractivity contribution is 6.00. The van der Waals surface area contributed by atoms with Crippen molar-refractivity contribution < 1.29 is 4.79 Å². The summed E-state index contributed by atoms with van der Waals surface area (Å²) in [7, 11) is 1.90. The molecule has 3 aromatic heterocycles. The molecular formula is C16H17N5O. The van der Waals surface area contributed by atoms with Crippen molar-refractivity contribution in [1.29, 1.82) is 0 Å². The van der Waals surface area contributed by atoms with E-state index in [1.54, 1.807) is 10.9 Å². The van der Waals surface area contributed by atoms with Gasteiger partial charge >= 0.3 is 0 Å². The molecule has 1 atom stereocenters. The SMILES string of the molecule is C[C@@H]1CCN(c2ccnn3cc(-c4cnn(C)c4)cc23)C1=O. The third-order valence-corrected chi connectivity index (χ3v) is 4.29. The number of anilines is 1. The Kier molecular flexibility index (Phi) is 2.79. The molecular weight excluding hydrogens is 278 g/mol. The molecule has 1 aliphatic rings. The van der Waals surface area contributed by atoms with Gasteiger partial charge in [0, 0.05) is 49.2 Å². The van der Waals surface area contributed by atoms with E-state index in [1.807, 2.05) is 48.0 Å². The Hall–Kier alpha value is -2.63. The summed E-state index contributed by atoms with van der Waals surface area (Å²) < 4.78 is 3.60. The molecule has 1 aliphatic heterocycles. The second-order valence-electron chi connectivity index (χ2n) is 5.86. The van der Waals surface area contributed by atoms with Gasteiger partial charge in [0.1, 0.15) is 0 Å². The summed E-state index contributed by atoms with van der Waals surface area (Å²) in [5, 5.41) is 8.57. The van der Waals surface area contributed by atoms with Gasteiger partial charge in [-0.25, -0.2) is 4.52 Å². The molecule has 3 aromatic rings. The van der Waals surface area contributed by atoms with E-state index in [0.717, 1.165) is 35.3 Å². The molecule has 0 aliphatic carbocycles. The van der Waals surface area contributed by atoms with Crippen LogP contribution in [0, 0.1) is 5.92 Å². The molecule has 1 amide bonds. The molecule has 0 unspecified atom stereocenters. The van der Waals surface area contributed by atoms with Crippen LogP contribution in [-0.4, -0.2) is 31.8 Å². The molecule has 6 heteroatoms. The van der Waals surface area contributed by atoms with Crippen molar-refractivity contribution in [3.63, 3.8) is 0 Å². The highest BCUT2D eigenvalue weighted by atomic mass is 16.2. The third kappa shape index (κ3) is 1.91. The average Bonchev–Trinajstić information content (AvgIpc) is 3.19. The molecule has 0 radical (unpaired) electrons. The van der Waals surface area contributed by atoms with Gasteiger partial charge in [-0.15, -0.1) is 0 Å². The normalized spacial score (nSPS) is 18.5. The molecule has 0 bridgehead atoms. The van der Waals surface area contributed by atoms with Gasteiger partial charge in [-0.05, 0) is 18.6 Å².